The van der Waals surface area contributed by atoms with Gasteiger partial charge in [0.05, 0.1) is 15.3 Å². The highest BCUT2D eigenvalue weighted by atomic mass is 32.1. The summed E-state index contributed by atoms with van der Waals surface area (Å²) in [5.74, 6) is -0.161. The Balaban J connectivity index is 1.80. The molecule has 1 N–H and O–H groups in total. The van der Waals surface area contributed by atoms with Crippen molar-refractivity contribution in [1.29, 1.82) is 0 Å². The minimum absolute atomic E-state index is 0.0305. The molecule has 2 aromatic heterocycles. The number of hydrogen-bond acceptors (Lipinski definition) is 5. The molecule has 0 spiro atoms. The third-order valence-electron chi connectivity index (χ3n) is 3.88. The Morgan fingerprint density at radius 1 is 1.15 bits per heavy atom. The molecule has 140 valence electrons. The number of thiophene rings is 2. The van der Waals surface area contributed by atoms with Crippen LogP contribution < -0.4 is 0 Å². The minimum atomic E-state index is -4.40. The average Bonchev–Trinajstić information content (AvgIpc) is 3.28. The molecule has 3 nitrogen and oxygen atoms in total. The van der Waals surface area contributed by atoms with Gasteiger partial charge in [-0.15, -0.1) is 22.7 Å². The molecule has 1 aromatic carbocycles. The predicted molar refractivity (Wildman–Crippen MR) is 102 cm³/mol. The molecule has 0 bridgehead atoms. The van der Waals surface area contributed by atoms with E-state index in [9.17, 15) is 23.1 Å². The summed E-state index contributed by atoms with van der Waals surface area (Å²) in [6.45, 7) is 1.65. The fourth-order valence-electron chi connectivity index (χ4n) is 2.41. The first-order valence-electron chi connectivity index (χ1n) is 7.83. The number of halogens is 3. The highest BCUT2D eigenvalue weighted by Gasteiger charge is 2.30. The fourth-order valence-corrected chi connectivity index (χ4v) is 4.08. The molecule has 0 aliphatic carbocycles. The number of hydrogen-bond donors (Lipinski definition) is 1. The Hall–Kier alpha value is -2.45. The Labute approximate surface area is 161 Å². The second-order valence-electron chi connectivity index (χ2n) is 5.70. The van der Waals surface area contributed by atoms with Crippen molar-refractivity contribution in [3.63, 3.8) is 0 Å². The van der Waals surface area contributed by atoms with Crippen LogP contribution in [0, 0.1) is 0 Å². The van der Waals surface area contributed by atoms with Crippen LogP contribution in [0.1, 0.15) is 27.7 Å². The number of ketones is 1. The van der Waals surface area contributed by atoms with E-state index in [1.807, 2.05) is 5.38 Å². The number of carbonyl (C=O) groups excluding carboxylic acids is 1. The lowest BCUT2D eigenvalue weighted by Crippen LogP contribution is -2.04. The van der Waals surface area contributed by atoms with Gasteiger partial charge in [0.1, 0.15) is 12.3 Å². The van der Waals surface area contributed by atoms with E-state index < -0.39 is 11.7 Å². The van der Waals surface area contributed by atoms with Crippen LogP contribution in [0.4, 0.5) is 13.2 Å². The molecule has 2 heterocycles. The molecule has 0 aliphatic heterocycles. The van der Waals surface area contributed by atoms with Crippen molar-refractivity contribution in [2.45, 2.75) is 13.1 Å². The van der Waals surface area contributed by atoms with Crippen molar-refractivity contribution in [2.24, 2.45) is 4.99 Å². The molecule has 0 fully saturated rings. The molecular formula is C19H14F3NO2S2. The maximum Gasteiger partial charge on any atom is 0.416 e. The van der Waals surface area contributed by atoms with E-state index in [1.165, 1.54) is 34.8 Å². The van der Waals surface area contributed by atoms with Crippen molar-refractivity contribution >= 4 is 34.2 Å². The standard InChI is InChI=1S/C19H14F3NO2S2/c1-11(23-9-15(24)16-3-2-8-26-16)14-10-27-18(17(14)25)12-4-6-13(7-5-12)19(20,21)22/h2-8,10,25H,9H2,1H3. The smallest absolute Gasteiger partial charge is 0.416 e. The molecule has 0 aliphatic rings. The number of aliphatic imine (C=N–C) groups is 1. The third-order valence-corrected chi connectivity index (χ3v) is 5.81. The molecule has 0 saturated heterocycles. The number of carbonyl (C=O) groups is 1. The molecule has 3 rings (SSSR count). The van der Waals surface area contributed by atoms with Gasteiger partial charge in [-0.1, -0.05) is 18.2 Å². The lowest BCUT2D eigenvalue weighted by molar-refractivity contribution is -0.137. The minimum Gasteiger partial charge on any atom is -0.506 e. The second-order valence-corrected chi connectivity index (χ2v) is 7.53. The molecule has 8 heteroatoms. The van der Waals surface area contributed by atoms with Gasteiger partial charge in [-0.05, 0) is 36.1 Å². The van der Waals surface area contributed by atoms with Crippen LogP contribution in [-0.4, -0.2) is 23.1 Å². The van der Waals surface area contributed by atoms with Gasteiger partial charge < -0.3 is 5.11 Å². The quantitative estimate of drug-likeness (QED) is 0.422. The zero-order valence-electron chi connectivity index (χ0n) is 14.1. The van der Waals surface area contributed by atoms with Crippen molar-refractivity contribution in [3.05, 3.63) is 63.2 Å². The van der Waals surface area contributed by atoms with Gasteiger partial charge in [-0.3, -0.25) is 9.79 Å². The summed E-state index contributed by atoms with van der Waals surface area (Å²) in [6.07, 6.45) is -4.40. The van der Waals surface area contributed by atoms with Crippen LogP contribution in [0.15, 0.2) is 52.2 Å². The SMILES string of the molecule is CC(=NCC(=O)c1cccs1)c1csc(-c2ccc(C(F)(F)F)cc2)c1O. The highest BCUT2D eigenvalue weighted by Crippen LogP contribution is 2.40. The van der Waals surface area contributed by atoms with Crippen LogP contribution in [0.5, 0.6) is 5.75 Å². The van der Waals surface area contributed by atoms with Crippen molar-refractivity contribution < 1.29 is 23.1 Å². The maximum atomic E-state index is 12.7. The van der Waals surface area contributed by atoms with E-state index >= 15 is 0 Å². The Kier molecular flexibility index (Phi) is 5.48. The fraction of sp³-hybridized carbons (Fsp3) is 0.158. The maximum absolute atomic E-state index is 12.7. The van der Waals surface area contributed by atoms with E-state index in [0.29, 0.717) is 26.6 Å². The Morgan fingerprint density at radius 3 is 2.44 bits per heavy atom. The van der Waals surface area contributed by atoms with Crippen molar-refractivity contribution in [3.8, 4) is 16.2 Å². The zero-order chi connectivity index (χ0) is 19.6. The van der Waals surface area contributed by atoms with Gasteiger partial charge in [0, 0.05) is 16.7 Å². The number of aromatic hydroxyl groups is 1. The number of alkyl halides is 3. The van der Waals surface area contributed by atoms with Crippen LogP contribution >= 0.6 is 22.7 Å². The number of rotatable bonds is 5. The van der Waals surface area contributed by atoms with E-state index in [4.69, 9.17) is 0 Å². The first-order valence-corrected chi connectivity index (χ1v) is 9.59. The molecular weight excluding hydrogens is 395 g/mol. The number of nitrogens with zero attached hydrogens (tertiary/aromatic N) is 1. The van der Waals surface area contributed by atoms with Crippen molar-refractivity contribution in [1.82, 2.24) is 0 Å². The van der Waals surface area contributed by atoms with E-state index in [2.05, 4.69) is 4.99 Å². The first kappa shape index (κ1) is 19.3. The van der Waals surface area contributed by atoms with Crippen molar-refractivity contribution in [2.75, 3.05) is 6.54 Å². The topological polar surface area (TPSA) is 49.7 Å². The Morgan fingerprint density at radius 2 is 1.85 bits per heavy atom. The van der Waals surface area contributed by atoms with Gasteiger partial charge in [0.2, 0.25) is 0 Å². The highest BCUT2D eigenvalue weighted by molar-refractivity contribution is 7.14. The number of Topliss-reactive ketones (excluding diaryl/α,β-unsaturated/α-hetero) is 1. The van der Waals surface area contributed by atoms with E-state index in [1.54, 1.807) is 24.4 Å². The molecule has 0 radical (unpaired) electrons. The van der Waals surface area contributed by atoms with Crippen LogP contribution in [0.25, 0.3) is 10.4 Å². The van der Waals surface area contributed by atoms with Gasteiger partial charge in [-0.2, -0.15) is 13.2 Å². The molecule has 0 amide bonds. The van der Waals surface area contributed by atoms with Gasteiger partial charge in [0.25, 0.3) is 0 Å². The predicted octanol–water partition coefficient (Wildman–Crippen LogP) is 5.89. The van der Waals surface area contributed by atoms with E-state index in [-0.39, 0.29) is 18.1 Å². The molecule has 27 heavy (non-hydrogen) atoms. The van der Waals surface area contributed by atoms with Gasteiger partial charge in [-0.25, -0.2) is 0 Å². The number of benzene rings is 1. The molecule has 3 aromatic rings. The zero-order valence-corrected chi connectivity index (χ0v) is 15.7. The van der Waals surface area contributed by atoms with Crippen LogP contribution in [0.2, 0.25) is 0 Å². The summed E-state index contributed by atoms with van der Waals surface area (Å²) in [5.41, 5.74) is 0.701. The second kappa shape index (κ2) is 7.66. The summed E-state index contributed by atoms with van der Waals surface area (Å²) >= 11 is 2.55. The molecule has 0 saturated carbocycles. The largest absolute Gasteiger partial charge is 0.506 e. The average molecular weight is 409 g/mol. The monoisotopic (exact) mass is 409 g/mol. The molecule has 0 unspecified atom stereocenters. The summed E-state index contributed by atoms with van der Waals surface area (Å²) in [5, 5.41) is 13.9. The molecule has 0 atom stereocenters. The summed E-state index contributed by atoms with van der Waals surface area (Å²) < 4.78 is 38.0. The van der Waals surface area contributed by atoms with Gasteiger partial charge >= 0.3 is 6.18 Å². The lowest BCUT2D eigenvalue weighted by atomic mass is 10.1. The normalized spacial score (nSPS) is 12.4. The summed E-state index contributed by atoms with van der Waals surface area (Å²) in [6, 6.07) is 8.12. The van der Waals surface area contributed by atoms with Crippen LogP contribution in [-0.2, 0) is 6.18 Å². The van der Waals surface area contributed by atoms with Gasteiger partial charge in [0.15, 0.2) is 5.78 Å². The summed E-state index contributed by atoms with van der Waals surface area (Å²) in [7, 11) is 0. The lowest BCUT2D eigenvalue weighted by Gasteiger charge is -2.07. The third kappa shape index (κ3) is 4.28. The first-order chi connectivity index (χ1) is 12.8. The Bertz CT molecular complexity index is 972. The summed E-state index contributed by atoms with van der Waals surface area (Å²) in [4.78, 5) is 17.3. The van der Waals surface area contributed by atoms with E-state index in [0.717, 1.165) is 12.1 Å². The van der Waals surface area contributed by atoms with Crippen LogP contribution in [0.3, 0.4) is 0 Å².